The molecule has 0 fully saturated rings. The number of benzene rings is 2. The normalized spacial score (nSPS) is 10.5. The molecule has 26 heavy (non-hydrogen) atoms. The SMILES string of the molecule is Cc1cccc(OCCN(C)C(=O)Cc2ccc(-n3cccc3)cc2)c1. The molecule has 0 radical (unpaired) electrons. The van der Waals surface area contributed by atoms with Gasteiger partial charge in [-0.1, -0.05) is 24.3 Å². The molecular formula is C22H24N2O2. The van der Waals surface area contributed by atoms with Crippen molar-refractivity contribution < 1.29 is 9.53 Å². The first-order valence-electron chi connectivity index (χ1n) is 8.77. The van der Waals surface area contributed by atoms with E-state index in [0.29, 0.717) is 19.6 Å². The van der Waals surface area contributed by atoms with Gasteiger partial charge in [0.25, 0.3) is 0 Å². The Morgan fingerprint density at radius 1 is 1.04 bits per heavy atom. The van der Waals surface area contributed by atoms with Gasteiger partial charge in [0.05, 0.1) is 13.0 Å². The van der Waals surface area contributed by atoms with E-state index >= 15 is 0 Å². The Hall–Kier alpha value is -3.01. The summed E-state index contributed by atoms with van der Waals surface area (Å²) in [6.45, 7) is 3.08. The number of hydrogen-bond donors (Lipinski definition) is 0. The number of aryl methyl sites for hydroxylation is 1. The van der Waals surface area contributed by atoms with Crippen molar-refractivity contribution in [1.82, 2.24) is 9.47 Å². The lowest BCUT2D eigenvalue weighted by Crippen LogP contribution is -2.32. The first kappa shape index (κ1) is 17.8. The van der Waals surface area contributed by atoms with Crippen LogP contribution in [0.2, 0.25) is 0 Å². The molecule has 1 aromatic heterocycles. The van der Waals surface area contributed by atoms with Gasteiger partial charge in [0.15, 0.2) is 0 Å². The number of amides is 1. The van der Waals surface area contributed by atoms with E-state index in [1.165, 1.54) is 0 Å². The standard InChI is InChI=1S/C22H24N2O2/c1-18-6-5-7-21(16-18)26-15-14-23(2)22(25)17-19-8-10-20(11-9-19)24-12-3-4-13-24/h3-13,16H,14-15,17H2,1-2H3. The second kappa shape index (κ2) is 8.39. The maximum absolute atomic E-state index is 12.4. The van der Waals surface area contributed by atoms with Crippen LogP contribution in [0, 0.1) is 6.92 Å². The van der Waals surface area contributed by atoms with Crippen LogP contribution in [-0.2, 0) is 11.2 Å². The molecule has 0 saturated carbocycles. The van der Waals surface area contributed by atoms with Crippen molar-refractivity contribution in [1.29, 1.82) is 0 Å². The van der Waals surface area contributed by atoms with Crippen LogP contribution in [0.25, 0.3) is 5.69 Å². The molecule has 4 heteroatoms. The molecule has 4 nitrogen and oxygen atoms in total. The summed E-state index contributed by atoms with van der Waals surface area (Å²) in [6.07, 6.45) is 4.40. The van der Waals surface area contributed by atoms with Crippen molar-refractivity contribution in [3.8, 4) is 11.4 Å². The quantitative estimate of drug-likeness (QED) is 0.650. The Kier molecular flexibility index (Phi) is 5.74. The van der Waals surface area contributed by atoms with E-state index in [-0.39, 0.29) is 5.91 Å². The predicted octanol–water partition coefficient (Wildman–Crippen LogP) is 3.87. The molecule has 3 aromatic rings. The highest BCUT2D eigenvalue weighted by Gasteiger charge is 2.10. The summed E-state index contributed by atoms with van der Waals surface area (Å²) in [5.41, 5.74) is 3.26. The fourth-order valence-electron chi connectivity index (χ4n) is 2.73. The summed E-state index contributed by atoms with van der Waals surface area (Å²) in [5, 5.41) is 0. The van der Waals surface area contributed by atoms with E-state index in [1.807, 2.05) is 91.6 Å². The molecule has 2 aromatic carbocycles. The lowest BCUT2D eigenvalue weighted by Gasteiger charge is -2.18. The van der Waals surface area contributed by atoms with Gasteiger partial charge in [-0.2, -0.15) is 0 Å². The Balaban J connectivity index is 1.48. The third-order valence-corrected chi connectivity index (χ3v) is 4.30. The van der Waals surface area contributed by atoms with Gasteiger partial charge in [0.2, 0.25) is 5.91 Å². The van der Waals surface area contributed by atoms with Crippen LogP contribution in [0.3, 0.4) is 0 Å². The van der Waals surface area contributed by atoms with Crippen LogP contribution in [0.15, 0.2) is 73.1 Å². The molecule has 1 heterocycles. The third kappa shape index (κ3) is 4.76. The summed E-state index contributed by atoms with van der Waals surface area (Å²) in [7, 11) is 1.82. The lowest BCUT2D eigenvalue weighted by atomic mass is 10.1. The number of carbonyl (C=O) groups excluding carboxylic acids is 1. The zero-order valence-electron chi connectivity index (χ0n) is 15.3. The highest BCUT2D eigenvalue weighted by Crippen LogP contribution is 2.13. The van der Waals surface area contributed by atoms with Crippen molar-refractivity contribution in [3.05, 3.63) is 84.2 Å². The van der Waals surface area contributed by atoms with Gasteiger partial charge < -0.3 is 14.2 Å². The van der Waals surface area contributed by atoms with Crippen LogP contribution in [0.1, 0.15) is 11.1 Å². The predicted molar refractivity (Wildman–Crippen MR) is 104 cm³/mol. The van der Waals surface area contributed by atoms with Gasteiger partial charge in [-0.3, -0.25) is 4.79 Å². The Morgan fingerprint density at radius 3 is 2.46 bits per heavy atom. The molecule has 0 N–H and O–H groups in total. The zero-order chi connectivity index (χ0) is 18.4. The molecule has 1 amide bonds. The molecule has 0 bridgehead atoms. The molecular weight excluding hydrogens is 324 g/mol. The van der Waals surface area contributed by atoms with Gasteiger partial charge in [-0.25, -0.2) is 0 Å². The van der Waals surface area contributed by atoms with Gasteiger partial charge in [0, 0.05) is 25.1 Å². The van der Waals surface area contributed by atoms with Crippen molar-refractivity contribution in [2.24, 2.45) is 0 Å². The molecule has 0 aliphatic carbocycles. The summed E-state index contributed by atoms with van der Waals surface area (Å²) in [5.74, 6) is 0.929. The van der Waals surface area contributed by atoms with Crippen molar-refractivity contribution >= 4 is 5.91 Å². The van der Waals surface area contributed by atoms with Crippen molar-refractivity contribution in [2.75, 3.05) is 20.2 Å². The van der Waals surface area contributed by atoms with Crippen LogP contribution < -0.4 is 4.74 Å². The minimum Gasteiger partial charge on any atom is -0.492 e. The van der Waals surface area contributed by atoms with Crippen LogP contribution in [0.5, 0.6) is 5.75 Å². The summed E-state index contributed by atoms with van der Waals surface area (Å²) in [6, 6.07) is 20.0. The molecule has 0 unspecified atom stereocenters. The molecule has 0 aliphatic rings. The summed E-state index contributed by atoms with van der Waals surface area (Å²) < 4.78 is 7.76. The second-order valence-corrected chi connectivity index (χ2v) is 6.41. The number of nitrogens with zero attached hydrogens (tertiary/aromatic N) is 2. The van der Waals surface area contributed by atoms with E-state index in [2.05, 4.69) is 0 Å². The second-order valence-electron chi connectivity index (χ2n) is 6.41. The number of aromatic nitrogens is 1. The molecule has 3 rings (SSSR count). The van der Waals surface area contributed by atoms with Crippen molar-refractivity contribution in [3.63, 3.8) is 0 Å². The summed E-state index contributed by atoms with van der Waals surface area (Å²) in [4.78, 5) is 14.1. The monoisotopic (exact) mass is 348 g/mol. The number of hydrogen-bond acceptors (Lipinski definition) is 2. The molecule has 134 valence electrons. The average molecular weight is 348 g/mol. The lowest BCUT2D eigenvalue weighted by molar-refractivity contribution is -0.129. The van der Waals surface area contributed by atoms with E-state index in [1.54, 1.807) is 4.90 Å². The first-order chi connectivity index (χ1) is 12.6. The van der Waals surface area contributed by atoms with Gasteiger partial charge in [-0.15, -0.1) is 0 Å². The van der Waals surface area contributed by atoms with Crippen molar-refractivity contribution in [2.45, 2.75) is 13.3 Å². The highest BCUT2D eigenvalue weighted by molar-refractivity contribution is 5.78. The van der Waals surface area contributed by atoms with E-state index in [0.717, 1.165) is 22.6 Å². The van der Waals surface area contributed by atoms with Crippen LogP contribution in [-0.4, -0.2) is 35.6 Å². The Labute approximate surface area is 154 Å². The maximum Gasteiger partial charge on any atom is 0.226 e. The number of likely N-dealkylation sites (N-methyl/N-ethyl adjacent to an activating group) is 1. The van der Waals surface area contributed by atoms with Crippen LogP contribution >= 0.6 is 0 Å². The average Bonchev–Trinajstić information content (AvgIpc) is 3.17. The van der Waals surface area contributed by atoms with Crippen LogP contribution in [0.4, 0.5) is 0 Å². The zero-order valence-corrected chi connectivity index (χ0v) is 15.3. The topological polar surface area (TPSA) is 34.5 Å². The molecule has 0 aliphatic heterocycles. The van der Waals surface area contributed by atoms with E-state index in [9.17, 15) is 4.79 Å². The molecule has 0 spiro atoms. The number of ether oxygens (including phenoxy) is 1. The number of rotatable bonds is 7. The third-order valence-electron chi connectivity index (χ3n) is 4.30. The smallest absolute Gasteiger partial charge is 0.226 e. The molecule has 0 saturated heterocycles. The van der Waals surface area contributed by atoms with Gasteiger partial charge in [-0.05, 0) is 54.4 Å². The largest absolute Gasteiger partial charge is 0.492 e. The summed E-state index contributed by atoms with van der Waals surface area (Å²) >= 11 is 0. The van der Waals surface area contributed by atoms with Gasteiger partial charge in [0.1, 0.15) is 12.4 Å². The minimum atomic E-state index is 0.0894. The maximum atomic E-state index is 12.4. The minimum absolute atomic E-state index is 0.0894. The first-order valence-corrected chi connectivity index (χ1v) is 8.77. The fraction of sp³-hybridized carbons (Fsp3) is 0.227. The fourth-order valence-corrected chi connectivity index (χ4v) is 2.73. The Morgan fingerprint density at radius 2 is 1.77 bits per heavy atom. The highest BCUT2D eigenvalue weighted by atomic mass is 16.5. The Bertz CT molecular complexity index is 839. The van der Waals surface area contributed by atoms with Gasteiger partial charge >= 0.3 is 0 Å². The van der Waals surface area contributed by atoms with E-state index < -0.39 is 0 Å². The van der Waals surface area contributed by atoms with E-state index in [4.69, 9.17) is 4.74 Å². The number of carbonyl (C=O) groups is 1. The molecule has 0 atom stereocenters.